The highest BCUT2D eigenvalue weighted by atomic mass is 32.1. The Morgan fingerprint density at radius 2 is 0.818 bits per heavy atom. The minimum atomic E-state index is 0.902. The van der Waals surface area contributed by atoms with Crippen molar-refractivity contribution in [3.05, 3.63) is 200 Å². The molecule has 0 radical (unpaired) electrons. The van der Waals surface area contributed by atoms with Crippen molar-refractivity contribution < 1.29 is 4.42 Å². The molecule has 0 fully saturated rings. The second-order valence-electron chi connectivity index (χ2n) is 14.2. The Hall–Kier alpha value is -6.94. The fourth-order valence-electron chi connectivity index (χ4n) is 8.10. The fourth-order valence-corrected chi connectivity index (χ4v) is 9.19. The zero-order valence-electron chi connectivity index (χ0n) is 29.8. The summed E-state index contributed by atoms with van der Waals surface area (Å²) in [5, 5.41) is 7.35. The molecule has 0 aliphatic heterocycles. The molecule has 0 saturated carbocycles. The van der Waals surface area contributed by atoms with Crippen LogP contribution in [0.1, 0.15) is 0 Å². The molecule has 0 spiro atoms. The number of anilines is 3. The Morgan fingerprint density at radius 3 is 1.55 bits per heavy atom. The van der Waals surface area contributed by atoms with Gasteiger partial charge in [0.15, 0.2) is 0 Å². The third-order valence-electron chi connectivity index (χ3n) is 10.8. The number of hydrogen-bond donors (Lipinski definition) is 0. The van der Waals surface area contributed by atoms with E-state index in [-0.39, 0.29) is 0 Å². The van der Waals surface area contributed by atoms with Crippen molar-refractivity contribution in [2.45, 2.75) is 0 Å². The number of fused-ring (bicyclic) bond motifs is 7. The van der Waals surface area contributed by atoms with Crippen molar-refractivity contribution >= 4 is 81.3 Å². The second-order valence-corrected chi connectivity index (χ2v) is 15.3. The maximum atomic E-state index is 6.17. The Kier molecular flexibility index (Phi) is 7.39. The molecule has 0 N–H and O–H groups in total. The number of rotatable bonds is 6. The third-order valence-corrected chi connectivity index (χ3v) is 12.0. The molecule has 0 bridgehead atoms. The lowest BCUT2D eigenvalue weighted by Gasteiger charge is -2.27. The Morgan fingerprint density at radius 1 is 0.309 bits per heavy atom. The molecule has 55 heavy (non-hydrogen) atoms. The quantitative estimate of drug-likeness (QED) is 0.170. The number of nitrogens with zero attached hydrogens (tertiary/aromatic N) is 1. The Bertz CT molecular complexity index is 3080. The molecule has 3 heteroatoms. The molecular weight excluding hydrogens is 687 g/mol. The van der Waals surface area contributed by atoms with Gasteiger partial charge in [-0.15, -0.1) is 11.3 Å². The zero-order chi connectivity index (χ0) is 36.3. The van der Waals surface area contributed by atoms with Crippen molar-refractivity contribution in [3.8, 4) is 33.4 Å². The highest BCUT2D eigenvalue weighted by molar-refractivity contribution is 7.25. The van der Waals surface area contributed by atoms with E-state index in [2.05, 4.69) is 193 Å². The highest BCUT2D eigenvalue weighted by Gasteiger charge is 2.17. The van der Waals surface area contributed by atoms with Crippen molar-refractivity contribution in [2.75, 3.05) is 4.90 Å². The molecule has 0 atom stereocenters. The second kappa shape index (κ2) is 12.9. The molecule has 0 saturated heterocycles. The minimum Gasteiger partial charge on any atom is -0.456 e. The van der Waals surface area contributed by atoms with Gasteiger partial charge in [0.05, 0.1) is 0 Å². The molecule has 0 amide bonds. The van der Waals surface area contributed by atoms with Crippen molar-refractivity contribution in [1.82, 2.24) is 0 Å². The van der Waals surface area contributed by atoms with Crippen LogP contribution in [0.15, 0.2) is 205 Å². The van der Waals surface area contributed by atoms with Crippen LogP contribution in [0.5, 0.6) is 0 Å². The van der Waals surface area contributed by atoms with Gasteiger partial charge in [-0.05, 0) is 123 Å². The summed E-state index contributed by atoms with van der Waals surface area (Å²) in [4.78, 5) is 2.39. The SMILES string of the molecule is c1cc(-c2ccc3ccccc3c2)cc(N(c2cccc(-c3ccc4oc5ccccc5c4c3)c2)c2cccc(-c3ccc4sc5ccccc5c4c3)c2)c1. The van der Waals surface area contributed by atoms with Crippen LogP contribution in [0.25, 0.3) is 86.3 Å². The van der Waals surface area contributed by atoms with Gasteiger partial charge in [0, 0.05) is 48.0 Å². The molecule has 9 aromatic carbocycles. The van der Waals surface area contributed by atoms with Gasteiger partial charge in [0.2, 0.25) is 0 Å². The number of hydrogen-bond acceptors (Lipinski definition) is 3. The molecule has 2 aromatic heterocycles. The lowest BCUT2D eigenvalue weighted by Crippen LogP contribution is -2.10. The predicted molar refractivity (Wildman–Crippen MR) is 235 cm³/mol. The fraction of sp³-hybridized carbons (Fsp3) is 0. The van der Waals surface area contributed by atoms with E-state index in [1.807, 2.05) is 23.5 Å². The summed E-state index contributed by atoms with van der Waals surface area (Å²) in [6.07, 6.45) is 0. The van der Waals surface area contributed by atoms with Crippen LogP contribution in [0.2, 0.25) is 0 Å². The summed E-state index contributed by atoms with van der Waals surface area (Å²) in [6.45, 7) is 0. The lowest BCUT2D eigenvalue weighted by atomic mass is 9.99. The van der Waals surface area contributed by atoms with Gasteiger partial charge < -0.3 is 9.32 Å². The number of benzene rings is 9. The van der Waals surface area contributed by atoms with Crippen LogP contribution in [-0.2, 0) is 0 Å². The number of para-hydroxylation sites is 1. The van der Waals surface area contributed by atoms with Crippen LogP contribution >= 0.6 is 11.3 Å². The molecule has 2 heterocycles. The summed E-state index contributed by atoms with van der Waals surface area (Å²) in [7, 11) is 0. The number of furan rings is 1. The van der Waals surface area contributed by atoms with E-state index in [1.165, 1.54) is 53.2 Å². The Balaban J connectivity index is 1.06. The van der Waals surface area contributed by atoms with Crippen LogP contribution in [0.3, 0.4) is 0 Å². The van der Waals surface area contributed by atoms with E-state index in [9.17, 15) is 0 Å². The summed E-state index contributed by atoms with van der Waals surface area (Å²) in [5.74, 6) is 0. The first-order valence-electron chi connectivity index (χ1n) is 18.6. The van der Waals surface area contributed by atoms with E-state index >= 15 is 0 Å². The molecule has 2 nitrogen and oxygen atoms in total. The van der Waals surface area contributed by atoms with E-state index in [1.54, 1.807) is 0 Å². The maximum Gasteiger partial charge on any atom is 0.135 e. The van der Waals surface area contributed by atoms with Crippen LogP contribution in [0, 0.1) is 0 Å². The minimum absolute atomic E-state index is 0.902. The highest BCUT2D eigenvalue weighted by Crippen LogP contribution is 2.42. The van der Waals surface area contributed by atoms with E-state index < -0.39 is 0 Å². The van der Waals surface area contributed by atoms with Crippen molar-refractivity contribution in [1.29, 1.82) is 0 Å². The van der Waals surface area contributed by atoms with Gasteiger partial charge in [0.25, 0.3) is 0 Å². The van der Waals surface area contributed by atoms with Crippen LogP contribution < -0.4 is 4.90 Å². The Labute approximate surface area is 322 Å². The van der Waals surface area contributed by atoms with Gasteiger partial charge in [-0.25, -0.2) is 0 Å². The van der Waals surface area contributed by atoms with Crippen molar-refractivity contribution in [3.63, 3.8) is 0 Å². The third kappa shape index (κ3) is 5.56. The smallest absolute Gasteiger partial charge is 0.135 e. The summed E-state index contributed by atoms with van der Waals surface area (Å²) in [6, 6.07) is 72.5. The molecule has 0 unspecified atom stereocenters. The largest absolute Gasteiger partial charge is 0.456 e. The van der Waals surface area contributed by atoms with Crippen LogP contribution in [0.4, 0.5) is 17.1 Å². The van der Waals surface area contributed by atoms with Gasteiger partial charge in [-0.1, -0.05) is 121 Å². The first-order chi connectivity index (χ1) is 27.2. The summed E-state index contributed by atoms with van der Waals surface area (Å²) < 4.78 is 8.80. The maximum absolute atomic E-state index is 6.17. The summed E-state index contributed by atoms with van der Waals surface area (Å²) in [5.41, 5.74) is 12.1. The molecule has 11 aromatic rings. The molecule has 258 valence electrons. The molecular formula is C52H33NOS. The predicted octanol–water partition coefficient (Wildman–Crippen LogP) is 15.6. The summed E-state index contributed by atoms with van der Waals surface area (Å²) >= 11 is 1.86. The normalized spacial score (nSPS) is 11.6. The standard InChI is InChI=1S/C52H33NOS/c1-2-11-35-28-39(23-22-34(35)10-1)36-12-7-15-42(29-36)53(43-16-8-13-37(30-43)40-24-26-50-47(32-40)45-18-3-5-20-49(45)54-50)44-17-9-14-38(31-44)41-25-27-52-48(33-41)46-19-4-6-21-51(46)55-52/h1-33H. The van der Waals surface area contributed by atoms with Gasteiger partial charge in [-0.2, -0.15) is 0 Å². The van der Waals surface area contributed by atoms with E-state index in [0.717, 1.165) is 50.1 Å². The van der Waals surface area contributed by atoms with E-state index in [4.69, 9.17) is 4.42 Å². The average Bonchev–Trinajstić information content (AvgIpc) is 3.82. The first-order valence-corrected chi connectivity index (χ1v) is 19.5. The number of thiophene rings is 1. The first kappa shape index (κ1) is 31.6. The molecule has 0 aliphatic rings. The van der Waals surface area contributed by atoms with Crippen molar-refractivity contribution in [2.24, 2.45) is 0 Å². The topological polar surface area (TPSA) is 16.4 Å². The zero-order valence-corrected chi connectivity index (χ0v) is 30.6. The van der Waals surface area contributed by atoms with Gasteiger partial charge in [-0.3, -0.25) is 0 Å². The molecule has 0 aliphatic carbocycles. The molecule has 11 rings (SSSR count). The lowest BCUT2D eigenvalue weighted by molar-refractivity contribution is 0.669. The van der Waals surface area contributed by atoms with Gasteiger partial charge in [0.1, 0.15) is 11.2 Å². The van der Waals surface area contributed by atoms with Gasteiger partial charge >= 0.3 is 0 Å². The monoisotopic (exact) mass is 719 g/mol. The van der Waals surface area contributed by atoms with E-state index in [0.29, 0.717) is 0 Å². The average molecular weight is 720 g/mol. The van der Waals surface area contributed by atoms with Crippen LogP contribution in [-0.4, -0.2) is 0 Å².